The summed E-state index contributed by atoms with van der Waals surface area (Å²) in [6.45, 7) is 11.6. The normalized spacial score (nSPS) is 14.6. The number of nitrogens with zero attached hydrogens (tertiary/aromatic N) is 6. The molecule has 0 bridgehead atoms. The second-order valence-corrected chi connectivity index (χ2v) is 13.7. The van der Waals surface area contributed by atoms with Gasteiger partial charge in [0.15, 0.2) is 0 Å². The number of nitrogens with one attached hydrogen (secondary N) is 1. The first-order valence-electron chi connectivity index (χ1n) is 19.1. The fourth-order valence-corrected chi connectivity index (χ4v) is 6.30. The van der Waals surface area contributed by atoms with E-state index in [4.69, 9.17) is 47.7 Å². The molecule has 4 aromatic heterocycles. The molecule has 0 atom stereocenters. The molecule has 0 amide bonds. The van der Waals surface area contributed by atoms with E-state index in [9.17, 15) is 0 Å². The Bertz CT molecular complexity index is 2120. The van der Waals surface area contributed by atoms with E-state index in [-0.39, 0.29) is 0 Å². The molecule has 57 heavy (non-hydrogen) atoms. The number of halogens is 1. The van der Waals surface area contributed by atoms with Crippen molar-refractivity contribution in [2.24, 2.45) is 5.73 Å². The maximum Gasteiger partial charge on any atom is 0.137 e. The van der Waals surface area contributed by atoms with Crippen LogP contribution in [0, 0.1) is 0 Å². The molecular formula is C42H51ClN10O4. The van der Waals surface area contributed by atoms with E-state index in [1.54, 1.807) is 30.9 Å². The Balaban J connectivity index is 0.000000160. The Labute approximate surface area is 338 Å². The molecule has 0 radical (unpaired) electrons. The minimum absolute atomic E-state index is 0.487. The fourth-order valence-electron chi connectivity index (χ4n) is 6.18. The number of fused-ring (bicyclic) bond motifs is 2. The standard InChI is InChI=1S/C21H25N5O2.C11H15ClN2O2.C10H11N3/c22-21-19-3-1-16(13-17(19)5-6-23-21)14-24-20-4-2-18(15-25-20)28-12-9-26-7-10-27-11-8-26;12-11-2-1-10(9-13-11)16-8-5-14-3-6-15-7-4-14;11-6-7-1-2-9-8(5-7)3-4-13-10(9)12/h1-6,13,15H,7-12,14H2,(H2,22,23)(H,24,25);1-2,9H,3-8H2;1-5H,6,11H2,(H2,12,13). The number of hydrogen-bond donors (Lipinski definition) is 4. The number of aromatic nitrogens is 4. The third-order valence-electron chi connectivity index (χ3n) is 9.43. The molecule has 0 aliphatic carbocycles. The Hall–Kier alpha value is -5.35. The predicted octanol–water partition coefficient (Wildman–Crippen LogP) is 5.26. The van der Waals surface area contributed by atoms with E-state index in [1.807, 2.05) is 54.6 Å². The third kappa shape index (κ3) is 13.1. The molecule has 7 N–H and O–H groups in total. The summed E-state index contributed by atoms with van der Waals surface area (Å²) in [7, 11) is 0. The molecule has 14 nitrogen and oxygen atoms in total. The van der Waals surface area contributed by atoms with Gasteiger partial charge in [-0.05, 0) is 70.4 Å². The Kier molecular flexibility index (Phi) is 15.8. The summed E-state index contributed by atoms with van der Waals surface area (Å²) in [5.41, 5.74) is 19.4. The first kappa shape index (κ1) is 41.3. The summed E-state index contributed by atoms with van der Waals surface area (Å²) in [5, 5.41) is 7.97. The van der Waals surface area contributed by atoms with Gasteiger partial charge in [-0.15, -0.1) is 0 Å². The lowest BCUT2D eigenvalue weighted by Gasteiger charge is -2.26. The number of nitrogens with two attached hydrogens (primary N) is 3. The molecule has 2 aromatic carbocycles. The quantitative estimate of drug-likeness (QED) is 0.118. The van der Waals surface area contributed by atoms with E-state index in [1.165, 1.54) is 0 Å². The minimum atomic E-state index is 0.487. The highest BCUT2D eigenvalue weighted by atomic mass is 35.5. The number of nitrogen functional groups attached to an aromatic ring is 2. The molecular weight excluding hydrogens is 744 g/mol. The molecule has 0 spiro atoms. The van der Waals surface area contributed by atoms with Crippen LogP contribution in [0.3, 0.4) is 0 Å². The molecule has 2 fully saturated rings. The van der Waals surface area contributed by atoms with Crippen LogP contribution in [-0.2, 0) is 22.6 Å². The minimum Gasteiger partial charge on any atom is -0.491 e. The number of pyridine rings is 4. The number of benzene rings is 2. The maximum absolute atomic E-state index is 5.91. The lowest BCUT2D eigenvalue weighted by atomic mass is 10.1. The van der Waals surface area contributed by atoms with Crippen molar-refractivity contribution in [2.75, 3.05) is 95.7 Å². The lowest BCUT2D eigenvalue weighted by molar-refractivity contribution is 0.0321. The highest BCUT2D eigenvalue weighted by Crippen LogP contribution is 2.22. The zero-order valence-electron chi connectivity index (χ0n) is 32.1. The summed E-state index contributed by atoms with van der Waals surface area (Å²) < 4.78 is 22.0. The first-order chi connectivity index (χ1) is 27.9. The van der Waals surface area contributed by atoms with Gasteiger partial charge in [0.25, 0.3) is 0 Å². The highest BCUT2D eigenvalue weighted by molar-refractivity contribution is 6.29. The van der Waals surface area contributed by atoms with Crippen molar-refractivity contribution in [3.05, 3.63) is 114 Å². The van der Waals surface area contributed by atoms with Crippen LogP contribution in [0.4, 0.5) is 17.5 Å². The molecule has 2 aliphatic rings. The molecule has 8 rings (SSSR count). The van der Waals surface area contributed by atoms with Crippen molar-refractivity contribution in [1.29, 1.82) is 0 Å². The molecule has 15 heteroatoms. The van der Waals surface area contributed by atoms with Crippen molar-refractivity contribution < 1.29 is 18.9 Å². The molecule has 2 saturated heterocycles. The van der Waals surface area contributed by atoms with Gasteiger partial charge < -0.3 is 41.5 Å². The number of ether oxygens (including phenoxy) is 4. The van der Waals surface area contributed by atoms with Gasteiger partial charge in [-0.1, -0.05) is 35.9 Å². The van der Waals surface area contributed by atoms with Crippen LogP contribution >= 0.6 is 11.6 Å². The molecule has 6 heterocycles. The predicted molar refractivity (Wildman–Crippen MR) is 227 cm³/mol. The maximum atomic E-state index is 5.91. The van der Waals surface area contributed by atoms with Crippen LogP contribution in [0.25, 0.3) is 21.5 Å². The van der Waals surface area contributed by atoms with Crippen LogP contribution < -0.4 is 32.0 Å². The van der Waals surface area contributed by atoms with Crippen molar-refractivity contribution in [3.8, 4) is 11.5 Å². The second kappa shape index (κ2) is 21.8. The molecule has 6 aromatic rings. The van der Waals surface area contributed by atoms with Gasteiger partial charge in [-0.3, -0.25) is 9.80 Å². The summed E-state index contributed by atoms with van der Waals surface area (Å²) in [5.74, 6) is 3.49. The number of rotatable bonds is 12. The summed E-state index contributed by atoms with van der Waals surface area (Å²) in [4.78, 5) is 21.2. The zero-order valence-corrected chi connectivity index (χ0v) is 32.8. The topological polar surface area (TPSA) is 185 Å². The van der Waals surface area contributed by atoms with E-state index in [2.05, 4.69) is 47.2 Å². The van der Waals surface area contributed by atoms with E-state index in [0.29, 0.717) is 43.1 Å². The van der Waals surface area contributed by atoms with Gasteiger partial charge >= 0.3 is 0 Å². The van der Waals surface area contributed by atoms with Crippen LogP contribution in [-0.4, -0.2) is 109 Å². The molecule has 2 aliphatic heterocycles. The zero-order chi connectivity index (χ0) is 39.7. The largest absolute Gasteiger partial charge is 0.491 e. The van der Waals surface area contributed by atoms with Gasteiger partial charge in [-0.2, -0.15) is 0 Å². The second-order valence-electron chi connectivity index (χ2n) is 13.4. The Morgan fingerprint density at radius 3 is 1.67 bits per heavy atom. The van der Waals surface area contributed by atoms with Crippen LogP contribution in [0.1, 0.15) is 11.1 Å². The average molecular weight is 795 g/mol. The van der Waals surface area contributed by atoms with Crippen molar-refractivity contribution in [2.45, 2.75) is 13.1 Å². The molecule has 300 valence electrons. The summed E-state index contributed by atoms with van der Waals surface area (Å²) in [6.07, 6.45) is 6.84. The van der Waals surface area contributed by atoms with Gasteiger partial charge in [0, 0.05) is 75.5 Å². The number of morpholine rings is 2. The van der Waals surface area contributed by atoms with Crippen LogP contribution in [0.2, 0.25) is 5.15 Å². The number of hydrogen-bond acceptors (Lipinski definition) is 14. The van der Waals surface area contributed by atoms with Gasteiger partial charge in [0.2, 0.25) is 0 Å². The lowest BCUT2D eigenvalue weighted by Crippen LogP contribution is -2.38. The van der Waals surface area contributed by atoms with Crippen molar-refractivity contribution in [1.82, 2.24) is 29.7 Å². The van der Waals surface area contributed by atoms with Gasteiger partial charge in [0.05, 0.1) is 38.8 Å². The van der Waals surface area contributed by atoms with Crippen LogP contribution in [0.15, 0.2) is 97.6 Å². The Morgan fingerprint density at radius 2 is 1.16 bits per heavy atom. The van der Waals surface area contributed by atoms with E-state index < -0.39 is 0 Å². The third-order valence-corrected chi connectivity index (χ3v) is 9.65. The fraction of sp³-hybridized carbons (Fsp3) is 0.333. The van der Waals surface area contributed by atoms with E-state index in [0.717, 1.165) is 116 Å². The molecule has 0 saturated carbocycles. The summed E-state index contributed by atoms with van der Waals surface area (Å²) >= 11 is 5.68. The average Bonchev–Trinajstić information content (AvgIpc) is 3.25. The monoisotopic (exact) mass is 794 g/mol. The van der Waals surface area contributed by atoms with Gasteiger partial charge in [0.1, 0.15) is 47.3 Å². The smallest absolute Gasteiger partial charge is 0.137 e. The summed E-state index contributed by atoms with van der Waals surface area (Å²) in [6, 6.07) is 23.5. The Morgan fingerprint density at radius 1 is 0.632 bits per heavy atom. The SMILES string of the molecule is Clc1ccc(OCCN2CCOCC2)cn1.NCc1ccc2c(N)nccc2c1.Nc1nccc2cc(CNc3ccc(OCCN4CCOCC4)cn3)ccc12. The van der Waals surface area contributed by atoms with E-state index >= 15 is 0 Å². The first-order valence-corrected chi connectivity index (χ1v) is 19.4. The van der Waals surface area contributed by atoms with Crippen molar-refractivity contribution in [3.63, 3.8) is 0 Å². The van der Waals surface area contributed by atoms with Crippen LogP contribution in [0.5, 0.6) is 11.5 Å². The molecule has 0 unspecified atom stereocenters. The number of anilines is 3. The van der Waals surface area contributed by atoms with Gasteiger partial charge in [-0.25, -0.2) is 19.9 Å². The highest BCUT2D eigenvalue weighted by Gasteiger charge is 2.11. The van der Waals surface area contributed by atoms with Crippen molar-refractivity contribution >= 4 is 50.6 Å².